The first kappa shape index (κ1) is 42.9. The lowest BCUT2D eigenvalue weighted by molar-refractivity contribution is 0.0674. The number of thiophene rings is 1. The molecule has 2 aliphatic heterocycles. The second kappa shape index (κ2) is 21.4. The van der Waals surface area contributed by atoms with Gasteiger partial charge in [0.25, 0.3) is 0 Å². The predicted octanol–water partition coefficient (Wildman–Crippen LogP) is 10.3. The van der Waals surface area contributed by atoms with Crippen LogP contribution in [0.15, 0.2) is 149 Å². The van der Waals surface area contributed by atoms with Crippen LogP contribution < -0.4 is 10.1 Å². The summed E-state index contributed by atoms with van der Waals surface area (Å²) in [7, 11) is -2.24. The topological polar surface area (TPSA) is 77.1 Å². The molecule has 0 aliphatic carbocycles. The SMILES string of the molecule is COc1cccc(S(=O)(=O)N2Cc3ccccc3COCC2Cc2ccccc2)c1.Sc1cc(Cl)sc1Cl.c1ccc(CC2COCc3ccccc3CN2)cc1. The lowest BCUT2D eigenvalue weighted by Crippen LogP contribution is -2.44. The fraction of sp³-hybridized carbons (Fsp3) is 0.244. The fourth-order valence-electron chi connectivity index (χ4n) is 6.62. The van der Waals surface area contributed by atoms with Gasteiger partial charge in [-0.3, -0.25) is 0 Å². The molecule has 2 unspecified atom stereocenters. The Bertz CT molecular complexity index is 2260. The Morgan fingerprint density at radius 1 is 0.737 bits per heavy atom. The standard InChI is InChI=1S/C24H25NO4S.C17H19NO.C4H2Cl2S2/c1-28-23-12-7-13-24(15-23)30(26,27)25-16-20-10-5-6-11-21(20)17-29-18-22(25)14-19-8-3-2-4-9-19;1-2-6-14(7-3-1)10-17-13-19-12-16-9-5-4-8-15(16)11-18-17;5-3-1-2(7)4(6)8-3/h2-13,15,22H,14,16-18H2,1H3;1-9,17-18H,10-13H2;1,7H. The summed E-state index contributed by atoms with van der Waals surface area (Å²) < 4.78 is 47.4. The molecule has 1 N–H and O–H groups in total. The zero-order valence-corrected chi connectivity index (χ0v) is 35.6. The van der Waals surface area contributed by atoms with E-state index in [1.54, 1.807) is 34.6 Å². The van der Waals surface area contributed by atoms with Gasteiger partial charge in [0.05, 0.1) is 48.8 Å². The largest absolute Gasteiger partial charge is 0.497 e. The third-order valence-corrected chi connectivity index (χ3v) is 13.6. The second-order valence-electron chi connectivity index (χ2n) is 13.6. The van der Waals surface area contributed by atoms with E-state index >= 15 is 0 Å². The number of hydrogen-bond acceptors (Lipinski definition) is 8. The van der Waals surface area contributed by atoms with Gasteiger partial charge in [-0.2, -0.15) is 4.31 Å². The van der Waals surface area contributed by atoms with Crippen LogP contribution in [-0.4, -0.2) is 45.1 Å². The van der Waals surface area contributed by atoms with Gasteiger partial charge in [-0.05, 0) is 64.4 Å². The predicted molar refractivity (Wildman–Crippen MR) is 234 cm³/mol. The highest BCUT2D eigenvalue weighted by molar-refractivity contribution is 7.89. The van der Waals surface area contributed by atoms with E-state index in [1.807, 2.05) is 54.6 Å². The van der Waals surface area contributed by atoms with Crippen molar-refractivity contribution in [2.45, 2.75) is 61.0 Å². The van der Waals surface area contributed by atoms with Crippen molar-refractivity contribution in [3.63, 3.8) is 0 Å². The Balaban J connectivity index is 0.000000172. The van der Waals surface area contributed by atoms with E-state index < -0.39 is 10.0 Å². The summed E-state index contributed by atoms with van der Waals surface area (Å²) in [6.07, 6.45) is 1.59. The zero-order valence-electron chi connectivity index (χ0n) is 31.6. The number of nitrogens with one attached hydrogen (secondary N) is 1. The minimum atomic E-state index is -3.77. The maximum atomic E-state index is 13.7. The smallest absolute Gasteiger partial charge is 0.243 e. The number of nitrogens with zero attached hydrogens (tertiary/aromatic N) is 1. The molecule has 7 nitrogen and oxygen atoms in total. The van der Waals surface area contributed by atoms with Crippen LogP contribution in [0.4, 0.5) is 0 Å². The van der Waals surface area contributed by atoms with Gasteiger partial charge in [-0.15, -0.1) is 24.0 Å². The summed E-state index contributed by atoms with van der Waals surface area (Å²) in [5, 5.41) is 3.60. The second-order valence-corrected chi connectivity index (χ2v) is 18.3. The van der Waals surface area contributed by atoms with Gasteiger partial charge >= 0.3 is 0 Å². The van der Waals surface area contributed by atoms with Crippen molar-refractivity contribution in [3.05, 3.63) is 182 Å². The molecule has 0 saturated heterocycles. The molecule has 0 bridgehead atoms. The van der Waals surface area contributed by atoms with Crippen molar-refractivity contribution in [2.24, 2.45) is 0 Å². The zero-order chi connectivity index (χ0) is 40.0. The third-order valence-electron chi connectivity index (χ3n) is 9.62. The van der Waals surface area contributed by atoms with Crippen LogP contribution in [0.3, 0.4) is 0 Å². The van der Waals surface area contributed by atoms with Crippen LogP contribution in [0.25, 0.3) is 0 Å². The molecule has 0 saturated carbocycles. The third kappa shape index (κ3) is 12.4. The minimum Gasteiger partial charge on any atom is -0.497 e. The Kier molecular flexibility index (Phi) is 16.1. The maximum Gasteiger partial charge on any atom is 0.243 e. The molecule has 5 aromatic carbocycles. The lowest BCUT2D eigenvalue weighted by Gasteiger charge is -2.33. The van der Waals surface area contributed by atoms with Crippen LogP contribution >= 0.6 is 47.2 Å². The van der Waals surface area contributed by atoms with Crippen LogP contribution in [0.5, 0.6) is 5.75 Å². The van der Waals surface area contributed by atoms with E-state index in [4.69, 9.17) is 37.4 Å². The average molecular weight is 862 g/mol. The summed E-state index contributed by atoms with van der Waals surface area (Å²) in [5.41, 5.74) is 7.06. The molecule has 8 rings (SSSR count). The van der Waals surface area contributed by atoms with Crippen molar-refractivity contribution in [3.8, 4) is 5.75 Å². The minimum absolute atomic E-state index is 0.220. The monoisotopic (exact) mass is 860 g/mol. The van der Waals surface area contributed by atoms with Crippen molar-refractivity contribution in [2.75, 3.05) is 20.3 Å². The summed E-state index contributed by atoms with van der Waals surface area (Å²) in [5.74, 6) is 0.513. The van der Waals surface area contributed by atoms with Crippen molar-refractivity contribution in [1.82, 2.24) is 9.62 Å². The van der Waals surface area contributed by atoms with Gasteiger partial charge in [0.15, 0.2) is 0 Å². The van der Waals surface area contributed by atoms with E-state index in [0.29, 0.717) is 46.6 Å². The molecule has 12 heteroatoms. The molecular formula is C45H46Cl2N2O5S3. The number of ether oxygens (including phenoxy) is 3. The number of benzene rings is 5. The lowest BCUT2D eigenvalue weighted by atomic mass is 10.0. The quantitative estimate of drug-likeness (QED) is 0.156. The Morgan fingerprint density at radius 3 is 1.91 bits per heavy atom. The number of rotatable bonds is 7. The highest BCUT2D eigenvalue weighted by Gasteiger charge is 2.34. The first-order valence-corrected chi connectivity index (χ1v) is 22.1. The molecule has 0 radical (unpaired) electrons. The number of sulfonamides is 1. The Morgan fingerprint density at radius 2 is 1.32 bits per heavy atom. The fourth-order valence-corrected chi connectivity index (χ4v) is 9.95. The Labute approximate surface area is 356 Å². The van der Waals surface area contributed by atoms with Gasteiger partial charge in [0.1, 0.15) is 10.1 Å². The first-order valence-electron chi connectivity index (χ1n) is 18.6. The van der Waals surface area contributed by atoms with Crippen molar-refractivity contribution in [1.29, 1.82) is 0 Å². The van der Waals surface area contributed by atoms with E-state index in [-0.39, 0.29) is 10.9 Å². The molecule has 57 heavy (non-hydrogen) atoms. The Hall–Kier alpha value is -3.68. The molecule has 0 amide bonds. The highest BCUT2D eigenvalue weighted by atomic mass is 35.5. The number of fused-ring (bicyclic) bond motifs is 2. The van der Waals surface area contributed by atoms with Gasteiger partial charge in [0.2, 0.25) is 10.0 Å². The molecule has 2 aliphatic rings. The van der Waals surface area contributed by atoms with Crippen LogP contribution in [-0.2, 0) is 58.6 Å². The molecule has 2 atom stereocenters. The molecule has 0 fully saturated rings. The molecule has 6 aromatic rings. The van der Waals surface area contributed by atoms with Gasteiger partial charge < -0.3 is 19.5 Å². The van der Waals surface area contributed by atoms with Crippen molar-refractivity contribution < 1.29 is 22.6 Å². The molecular weight excluding hydrogens is 816 g/mol. The van der Waals surface area contributed by atoms with Gasteiger partial charge in [-0.25, -0.2) is 8.42 Å². The normalized spacial score (nSPS) is 17.1. The van der Waals surface area contributed by atoms with E-state index in [1.165, 1.54) is 35.1 Å². The van der Waals surface area contributed by atoms with E-state index in [9.17, 15) is 8.42 Å². The summed E-state index contributed by atoms with van der Waals surface area (Å²) >= 11 is 16.5. The maximum absolute atomic E-state index is 13.7. The molecule has 1 aromatic heterocycles. The van der Waals surface area contributed by atoms with Gasteiger partial charge in [0, 0.05) is 30.1 Å². The average Bonchev–Trinajstić information content (AvgIpc) is 3.52. The van der Waals surface area contributed by atoms with Crippen LogP contribution in [0.2, 0.25) is 8.67 Å². The van der Waals surface area contributed by atoms with E-state index in [2.05, 4.69) is 72.5 Å². The van der Waals surface area contributed by atoms with E-state index in [0.717, 1.165) is 47.8 Å². The van der Waals surface area contributed by atoms with Gasteiger partial charge in [-0.1, -0.05) is 138 Å². The van der Waals surface area contributed by atoms with Crippen molar-refractivity contribution >= 4 is 57.2 Å². The summed E-state index contributed by atoms with van der Waals surface area (Å²) in [6, 6.07) is 45.3. The number of halogens is 2. The molecule has 298 valence electrons. The number of hydrogen-bond donors (Lipinski definition) is 2. The number of thiol groups is 1. The summed E-state index contributed by atoms with van der Waals surface area (Å²) in [6.45, 7) is 3.53. The van der Waals surface area contributed by atoms with Crippen LogP contribution in [0.1, 0.15) is 33.4 Å². The summed E-state index contributed by atoms with van der Waals surface area (Å²) in [4.78, 5) is 0.972. The van der Waals surface area contributed by atoms with Crippen LogP contribution in [0, 0.1) is 0 Å². The molecule has 3 heterocycles. The number of methoxy groups -OCH3 is 1. The first-order chi connectivity index (χ1) is 27.7. The molecule has 0 spiro atoms. The highest BCUT2D eigenvalue weighted by Crippen LogP contribution is 2.33.